The van der Waals surface area contributed by atoms with E-state index in [1.54, 1.807) is 29.0 Å². The fourth-order valence-electron chi connectivity index (χ4n) is 4.56. The lowest BCUT2D eigenvalue weighted by Crippen LogP contribution is -2.31. The van der Waals surface area contributed by atoms with Crippen LogP contribution in [0.3, 0.4) is 0 Å². The molecule has 1 amide bonds. The summed E-state index contributed by atoms with van der Waals surface area (Å²) in [7, 11) is 3.95. The van der Waals surface area contributed by atoms with Crippen LogP contribution in [0.2, 0.25) is 0 Å². The Morgan fingerprint density at radius 1 is 1.15 bits per heavy atom. The molecular formula is C28H26F3N7O. The van der Waals surface area contributed by atoms with E-state index in [4.69, 9.17) is 0 Å². The number of rotatable bonds is 5. The molecule has 0 unspecified atom stereocenters. The van der Waals surface area contributed by atoms with Crippen LogP contribution < -0.4 is 5.32 Å². The molecule has 1 atom stereocenters. The van der Waals surface area contributed by atoms with Crippen LogP contribution >= 0.6 is 0 Å². The standard InChI is InChI=1S/C28H26F3N7O/c1-36(2)24-9-11-37(18-24)17-20-6-7-22(13-25(20)28(29,30)31)35-27(39)21-12-19(14-32-15-21)5-8-23-16-33-26-4-3-10-34-38(23)26/h3-4,6-7,10,12-16,24H,9,11,17-18H2,1-2H3,(H,35,39)/t24-/m1/s1. The number of aromatic nitrogens is 4. The number of imidazole rings is 1. The number of benzene rings is 1. The lowest BCUT2D eigenvalue weighted by atomic mass is 10.0. The number of amides is 1. The second-order valence-electron chi connectivity index (χ2n) is 9.61. The third kappa shape index (κ3) is 6.08. The minimum Gasteiger partial charge on any atom is -0.322 e. The van der Waals surface area contributed by atoms with Crippen molar-refractivity contribution in [1.29, 1.82) is 0 Å². The van der Waals surface area contributed by atoms with Crippen LogP contribution in [0.4, 0.5) is 18.9 Å². The number of hydrogen-bond donors (Lipinski definition) is 1. The molecule has 1 fully saturated rings. The quantitative estimate of drug-likeness (QED) is 0.392. The zero-order chi connectivity index (χ0) is 27.6. The summed E-state index contributed by atoms with van der Waals surface area (Å²) in [5.74, 6) is 5.30. The summed E-state index contributed by atoms with van der Waals surface area (Å²) in [6.45, 7) is 1.64. The molecular weight excluding hydrogens is 507 g/mol. The van der Waals surface area contributed by atoms with Gasteiger partial charge in [0.2, 0.25) is 0 Å². The monoisotopic (exact) mass is 533 g/mol. The molecule has 4 heterocycles. The highest BCUT2D eigenvalue weighted by atomic mass is 19.4. The van der Waals surface area contributed by atoms with Crippen LogP contribution in [-0.4, -0.2) is 68.5 Å². The van der Waals surface area contributed by atoms with Gasteiger partial charge in [-0.2, -0.15) is 18.3 Å². The highest BCUT2D eigenvalue weighted by Crippen LogP contribution is 2.35. The second-order valence-corrected chi connectivity index (χ2v) is 9.61. The Kier molecular flexibility index (Phi) is 7.32. The van der Waals surface area contributed by atoms with Crippen molar-refractivity contribution in [1.82, 2.24) is 29.4 Å². The first-order chi connectivity index (χ1) is 18.7. The summed E-state index contributed by atoms with van der Waals surface area (Å²) in [6, 6.07) is 9.34. The van der Waals surface area contributed by atoms with Gasteiger partial charge in [0.05, 0.1) is 17.3 Å². The molecule has 0 radical (unpaired) electrons. The fourth-order valence-corrected chi connectivity index (χ4v) is 4.56. The van der Waals surface area contributed by atoms with E-state index < -0.39 is 17.6 Å². The summed E-state index contributed by atoms with van der Waals surface area (Å²) in [6.07, 6.45) is 2.40. The number of nitrogens with one attached hydrogen (secondary N) is 1. The van der Waals surface area contributed by atoms with Crippen molar-refractivity contribution >= 4 is 17.2 Å². The first-order valence-corrected chi connectivity index (χ1v) is 12.3. The third-order valence-electron chi connectivity index (χ3n) is 6.66. The molecule has 1 aromatic carbocycles. The molecule has 1 aliphatic rings. The Morgan fingerprint density at radius 3 is 2.77 bits per heavy atom. The van der Waals surface area contributed by atoms with Gasteiger partial charge in [-0.05, 0) is 62.3 Å². The number of halogens is 3. The molecule has 4 aromatic rings. The molecule has 3 aromatic heterocycles. The number of carbonyl (C=O) groups is 1. The van der Waals surface area contributed by atoms with E-state index in [0.717, 1.165) is 19.0 Å². The van der Waals surface area contributed by atoms with Gasteiger partial charge >= 0.3 is 6.18 Å². The summed E-state index contributed by atoms with van der Waals surface area (Å²) in [5.41, 5.74) is 1.32. The summed E-state index contributed by atoms with van der Waals surface area (Å²) in [4.78, 5) is 25.3. The Morgan fingerprint density at radius 2 is 2.00 bits per heavy atom. The third-order valence-corrected chi connectivity index (χ3v) is 6.66. The number of hydrogen-bond acceptors (Lipinski definition) is 6. The zero-order valence-corrected chi connectivity index (χ0v) is 21.4. The molecule has 1 aliphatic heterocycles. The van der Waals surface area contributed by atoms with Gasteiger partial charge in [-0.15, -0.1) is 0 Å². The number of likely N-dealkylation sites (N-methyl/N-ethyl adjacent to an activating group) is 1. The number of likely N-dealkylation sites (tertiary alicyclic amines) is 1. The molecule has 8 nitrogen and oxygen atoms in total. The summed E-state index contributed by atoms with van der Waals surface area (Å²) in [5, 5.41) is 6.77. The van der Waals surface area contributed by atoms with Gasteiger partial charge in [0.25, 0.3) is 5.91 Å². The average Bonchev–Trinajstić information content (AvgIpc) is 3.55. The number of fused-ring (bicyclic) bond motifs is 1. The van der Waals surface area contributed by atoms with Crippen molar-refractivity contribution in [3.05, 3.63) is 89.1 Å². The number of pyridine rings is 1. The van der Waals surface area contributed by atoms with E-state index in [9.17, 15) is 18.0 Å². The van der Waals surface area contributed by atoms with E-state index in [2.05, 4.69) is 37.1 Å². The van der Waals surface area contributed by atoms with Crippen molar-refractivity contribution in [2.24, 2.45) is 0 Å². The highest BCUT2D eigenvalue weighted by molar-refractivity contribution is 6.04. The van der Waals surface area contributed by atoms with Gasteiger partial charge in [-0.3, -0.25) is 14.7 Å². The predicted molar refractivity (Wildman–Crippen MR) is 140 cm³/mol. The van der Waals surface area contributed by atoms with Crippen LogP contribution in [0.25, 0.3) is 5.65 Å². The van der Waals surface area contributed by atoms with Gasteiger partial charge in [0.15, 0.2) is 5.65 Å². The van der Waals surface area contributed by atoms with Crippen LogP contribution in [-0.2, 0) is 12.7 Å². The molecule has 0 bridgehead atoms. The van der Waals surface area contributed by atoms with Gasteiger partial charge in [-0.25, -0.2) is 9.50 Å². The highest BCUT2D eigenvalue weighted by Gasteiger charge is 2.35. The van der Waals surface area contributed by atoms with Crippen molar-refractivity contribution in [3.8, 4) is 11.8 Å². The normalized spacial score (nSPS) is 15.9. The molecule has 0 aliphatic carbocycles. The van der Waals surface area contributed by atoms with Crippen LogP contribution in [0.5, 0.6) is 0 Å². The Balaban J connectivity index is 1.32. The first kappa shape index (κ1) is 26.3. The maximum absolute atomic E-state index is 13.9. The molecule has 5 rings (SSSR count). The molecule has 1 saturated heterocycles. The van der Waals surface area contributed by atoms with Crippen molar-refractivity contribution in [3.63, 3.8) is 0 Å². The molecule has 11 heteroatoms. The van der Waals surface area contributed by atoms with Crippen LogP contribution in [0.15, 0.2) is 61.2 Å². The first-order valence-electron chi connectivity index (χ1n) is 12.3. The lowest BCUT2D eigenvalue weighted by Gasteiger charge is -2.22. The molecule has 0 spiro atoms. The molecule has 0 saturated carbocycles. The van der Waals surface area contributed by atoms with Crippen molar-refractivity contribution in [2.45, 2.75) is 25.2 Å². The summed E-state index contributed by atoms with van der Waals surface area (Å²) >= 11 is 0. The Bertz CT molecular complexity index is 1570. The van der Waals surface area contributed by atoms with E-state index in [1.165, 1.54) is 30.6 Å². The largest absolute Gasteiger partial charge is 0.416 e. The SMILES string of the molecule is CN(C)[C@@H]1CCN(Cc2ccc(NC(=O)c3cncc(C#Cc4cnc5cccnn45)c3)cc2C(F)(F)F)C1. The van der Waals surface area contributed by atoms with Gasteiger partial charge in [-0.1, -0.05) is 12.0 Å². The van der Waals surface area contributed by atoms with Crippen LogP contribution in [0, 0.1) is 11.8 Å². The number of carbonyl (C=O) groups excluding carboxylic acids is 1. The molecule has 39 heavy (non-hydrogen) atoms. The molecule has 200 valence electrons. The fraction of sp³-hybridized carbons (Fsp3) is 0.286. The Labute approximate surface area is 223 Å². The maximum Gasteiger partial charge on any atom is 0.416 e. The predicted octanol–water partition coefficient (Wildman–Crippen LogP) is 3.93. The summed E-state index contributed by atoms with van der Waals surface area (Å²) < 4.78 is 43.4. The lowest BCUT2D eigenvalue weighted by molar-refractivity contribution is -0.138. The van der Waals surface area contributed by atoms with E-state index in [-0.39, 0.29) is 23.4 Å². The Hall–Kier alpha value is -4.27. The minimum atomic E-state index is -4.56. The molecule has 1 N–H and O–H groups in total. The van der Waals surface area contributed by atoms with Gasteiger partial charge < -0.3 is 10.2 Å². The van der Waals surface area contributed by atoms with Gasteiger partial charge in [0.1, 0.15) is 5.69 Å². The van der Waals surface area contributed by atoms with E-state index >= 15 is 0 Å². The zero-order valence-electron chi connectivity index (χ0n) is 21.4. The smallest absolute Gasteiger partial charge is 0.322 e. The van der Waals surface area contributed by atoms with E-state index in [1.807, 2.05) is 19.0 Å². The second kappa shape index (κ2) is 10.8. The topological polar surface area (TPSA) is 78.7 Å². The van der Waals surface area contributed by atoms with E-state index in [0.29, 0.717) is 29.5 Å². The van der Waals surface area contributed by atoms with Gasteiger partial charge in [0, 0.05) is 55.5 Å². The van der Waals surface area contributed by atoms with Crippen LogP contribution in [0.1, 0.15) is 39.2 Å². The minimum absolute atomic E-state index is 0.0527. The number of alkyl halides is 3. The maximum atomic E-state index is 13.9. The average molecular weight is 534 g/mol. The number of nitrogens with zero attached hydrogens (tertiary/aromatic N) is 6. The number of anilines is 1. The van der Waals surface area contributed by atoms with Crippen molar-refractivity contribution in [2.75, 3.05) is 32.5 Å². The van der Waals surface area contributed by atoms with Crippen molar-refractivity contribution < 1.29 is 18.0 Å².